The highest BCUT2D eigenvalue weighted by molar-refractivity contribution is 9.10. The van der Waals surface area contributed by atoms with Crippen LogP contribution in [-0.2, 0) is 0 Å². The Morgan fingerprint density at radius 3 is 2.79 bits per heavy atom. The summed E-state index contributed by atoms with van der Waals surface area (Å²) in [6.45, 7) is 0.281. The molecule has 0 atom stereocenters. The smallest absolute Gasteiger partial charge is 0.337 e. The number of carboxylic acid groups (broad SMARTS) is 1. The Morgan fingerprint density at radius 1 is 1.50 bits per heavy atom. The van der Waals surface area contributed by atoms with Crippen molar-refractivity contribution in [3.05, 3.63) is 28.2 Å². The number of halogens is 1. The van der Waals surface area contributed by atoms with E-state index in [-0.39, 0.29) is 12.2 Å². The van der Waals surface area contributed by atoms with Gasteiger partial charge in [0.15, 0.2) is 0 Å². The zero-order valence-corrected chi connectivity index (χ0v) is 8.91. The number of anilines is 1. The molecule has 0 fully saturated rings. The lowest BCUT2D eigenvalue weighted by Crippen LogP contribution is -2.10. The molecule has 0 bridgehead atoms. The molecule has 14 heavy (non-hydrogen) atoms. The van der Waals surface area contributed by atoms with Crippen LogP contribution in [0.2, 0.25) is 0 Å². The van der Waals surface area contributed by atoms with Crippen LogP contribution < -0.4 is 5.32 Å². The summed E-state index contributed by atoms with van der Waals surface area (Å²) in [6, 6.07) is 4.90. The lowest BCUT2D eigenvalue weighted by atomic mass is 10.2. The minimum absolute atomic E-state index is 0.0413. The Morgan fingerprint density at radius 2 is 2.21 bits per heavy atom. The van der Waals surface area contributed by atoms with Crippen molar-refractivity contribution in [3.63, 3.8) is 0 Å². The number of aliphatic hydroxyl groups excluding tert-OH is 1. The number of carbonyl (C=O) groups is 1. The van der Waals surface area contributed by atoms with E-state index in [0.29, 0.717) is 16.7 Å². The minimum atomic E-state index is -0.994. The number of hydrogen-bond donors (Lipinski definition) is 3. The first-order valence-electron chi connectivity index (χ1n) is 4.03. The summed E-state index contributed by atoms with van der Waals surface area (Å²) in [4.78, 5) is 10.8. The van der Waals surface area contributed by atoms with Gasteiger partial charge in [-0.2, -0.15) is 0 Å². The van der Waals surface area contributed by atoms with Crippen LogP contribution in [0.25, 0.3) is 0 Å². The van der Waals surface area contributed by atoms with E-state index in [0.717, 1.165) is 0 Å². The Kier molecular flexibility index (Phi) is 3.91. The maximum absolute atomic E-state index is 10.8. The Bertz CT molecular complexity index is 341. The fourth-order valence-corrected chi connectivity index (χ4v) is 1.57. The van der Waals surface area contributed by atoms with Gasteiger partial charge in [-0.05, 0) is 28.1 Å². The number of aliphatic hydroxyl groups is 1. The maximum Gasteiger partial charge on any atom is 0.337 e. The number of para-hydroxylation sites is 1. The monoisotopic (exact) mass is 259 g/mol. The maximum atomic E-state index is 10.8. The first-order valence-corrected chi connectivity index (χ1v) is 4.82. The molecule has 0 heterocycles. The predicted molar refractivity (Wildman–Crippen MR) is 56.7 cm³/mol. The lowest BCUT2D eigenvalue weighted by molar-refractivity contribution is 0.0698. The Labute approximate surface area is 89.7 Å². The summed E-state index contributed by atoms with van der Waals surface area (Å²) < 4.78 is 0.672. The number of rotatable bonds is 4. The standard InChI is InChI=1S/C9H10BrNO3/c10-7-3-1-2-6(9(13)14)8(7)11-4-5-12/h1-3,11-12H,4-5H2,(H,13,14). The molecular formula is C9H10BrNO3. The predicted octanol–water partition coefficient (Wildman–Crippen LogP) is 1.55. The topological polar surface area (TPSA) is 69.6 Å². The van der Waals surface area contributed by atoms with Gasteiger partial charge >= 0.3 is 5.97 Å². The SMILES string of the molecule is O=C(O)c1cccc(Br)c1NCCO. The first-order chi connectivity index (χ1) is 6.66. The molecule has 1 aromatic carbocycles. The number of aromatic carboxylic acids is 1. The number of carboxylic acids is 1. The second-order valence-electron chi connectivity index (χ2n) is 2.62. The van der Waals surface area contributed by atoms with E-state index in [9.17, 15) is 4.79 Å². The lowest BCUT2D eigenvalue weighted by Gasteiger charge is -2.09. The van der Waals surface area contributed by atoms with Crippen LogP contribution in [0.3, 0.4) is 0 Å². The van der Waals surface area contributed by atoms with Crippen LogP contribution in [0.15, 0.2) is 22.7 Å². The molecule has 0 aliphatic carbocycles. The summed E-state index contributed by atoms with van der Waals surface area (Å²) in [5, 5.41) is 20.3. The zero-order chi connectivity index (χ0) is 10.6. The van der Waals surface area contributed by atoms with Gasteiger partial charge in [0.1, 0.15) is 0 Å². The highest BCUT2D eigenvalue weighted by Crippen LogP contribution is 2.26. The average molecular weight is 260 g/mol. The highest BCUT2D eigenvalue weighted by atomic mass is 79.9. The molecule has 0 saturated heterocycles. The normalized spacial score (nSPS) is 9.86. The fourth-order valence-electron chi connectivity index (χ4n) is 1.06. The van der Waals surface area contributed by atoms with Gasteiger partial charge in [0.05, 0.1) is 17.9 Å². The molecule has 0 saturated carbocycles. The molecule has 0 aliphatic rings. The van der Waals surface area contributed by atoms with Gasteiger partial charge in [-0.1, -0.05) is 6.07 Å². The average Bonchev–Trinajstić information content (AvgIpc) is 2.15. The van der Waals surface area contributed by atoms with Gasteiger partial charge in [0, 0.05) is 11.0 Å². The molecular weight excluding hydrogens is 250 g/mol. The van der Waals surface area contributed by atoms with Gasteiger partial charge < -0.3 is 15.5 Å². The van der Waals surface area contributed by atoms with Gasteiger partial charge in [-0.15, -0.1) is 0 Å². The Balaban J connectivity index is 3.02. The molecule has 76 valence electrons. The van der Waals surface area contributed by atoms with Crippen molar-refractivity contribution in [3.8, 4) is 0 Å². The largest absolute Gasteiger partial charge is 0.478 e. The van der Waals surface area contributed by atoms with Gasteiger partial charge in [0.2, 0.25) is 0 Å². The van der Waals surface area contributed by atoms with Crippen LogP contribution in [0.1, 0.15) is 10.4 Å². The van der Waals surface area contributed by atoms with E-state index in [4.69, 9.17) is 10.2 Å². The molecule has 1 rings (SSSR count). The number of benzene rings is 1. The molecule has 4 nitrogen and oxygen atoms in total. The molecule has 3 N–H and O–H groups in total. The molecule has 1 aromatic rings. The van der Waals surface area contributed by atoms with Crippen molar-refractivity contribution in [1.82, 2.24) is 0 Å². The second-order valence-corrected chi connectivity index (χ2v) is 3.47. The van der Waals surface area contributed by atoms with E-state index in [2.05, 4.69) is 21.2 Å². The van der Waals surface area contributed by atoms with E-state index in [1.165, 1.54) is 6.07 Å². The van der Waals surface area contributed by atoms with Crippen molar-refractivity contribution in [1.29, 1.82) is 0 Å². The molecule has 0 unspecified atom stereocenters. The number of nitrogens with one attached hydrogen (secondary N) is 1. The molecule has 0 aliphatic heterocycles. The highest BCUT2D eigenvalue weighted by Gasteiger charge is 2.11. The summed E-state index contributed by atoms with van der Waals surface area (Å²) in [5.41, 5.74) is 0.682. The quantitative estimate of drug-likeness (QED) is 0.768. The van der Waals surface area contributed by atoms with Crippen LogP contribution in [-0.4, -0.2) is 29.3 Å². The second kappa shape index (κ2) is 4.97. The summed E-state index contributed by atoms with van der Waals surface area (Å²) in [6.07, 6.45) is 0. The van der Waals surface area contributed by atoms with Crippen molar-refractivity contribution < 1.29 is 15.0 Å². The molecule has 0 aromatic heterocycles. The van der Waals surface area contributed by atoms with Crippen LogP contribution >= 0.6 is 15.9 Å². The zero-order valence-electron chi connectivity index (χ0n) is 7.33. The van der Waals surface area contributed by atoms with Crippen LogP contribution in [0.5, 0.6) is 0 Å². The van der Waals surface area contributed by atoms with Gasteiger partial charge in [-0.25, -0.2) is 4.79 Å². The van der Waals surface area contributed by atoms with E-state index >= 15 is 0 Å². The van der Waals surface area contributed by atoms with Gasteiger partial charge in [-0.3, -0.25) is 0 Å². The van der Waals surface area contributed by atoms with E-state index < -0.39 is 5.97 Å². The molecule has 0 spiro atoms. The third-order valence-electron chi connectivity index (χ3n) is 1.66. The summed E-state index contributed by atoms with van der Waals surface area (Å²) in [7, 11) is 0. The van der Waals surface area contributed by atoms with E-state index in [1.54, 1.807) is 12.1 Å². The van der Waals surface area contributed by atoms with Crippen molar-refractivity contribution in [2.24, 2.45) is 0 Å². The minimum Gasteiger partial charge on any atom is -0.478 e. The van der Waals surface area contributed by atoms with Crippen LogP contribution in [0, 0.1) is 0 Å². The third-order valence-corrected chi connectivity index (χ3v) is 2.32. The van der Waals surface area contributed by atoms with Gasteiger partial charge in [0.25, 0.3) is 0 Å². The first kappa shape index (κ1) is 11.0. The van der Waals surface area contributed by atoms with E-state index in [1.807, 2.05) is 0 Å². The molecule has 0 amide bonds. The molecule has 5 heteroatoms. The fraction of sp³-hybridized carbons (Fsp3) is 0.222. The number of hydrogen-bond acceptors (Lipinski definition) is 3. The third kappa shape index (κ3) is 2.46. The van der Waals surface area contributed by atoms with Crippen molar-refractivity contribution in [2.45, 2.75) is 0 Å². The van der Waals surface area contributed by atoms with Crippen LogP contribution in [0.4, 0.5) is 5.69 Å². The Hall–Kier alpha value is -1.07. The van der Waals surface area contributed by atoms with Crippen molar-refractivity contribution >= 4 is 27.6 Å². The molecule has 0 radical (unpaired) electrons. The summed E-state index contributed by atoms with van der Waals surface area (Å²) in [5.74, 6) is -0.994. The van der Waals surface area contributed by atoms with Crippen molar-refractivity contribution in [2.75, 3.05) is 18.5 Å². The summed E-state index contributed by atoms with van der Waals surface area (Å²) >= 11 is 3.24.